The van der Waals surface area contributed by atoms with Crippen molar-refractivity contribution in [3.8, 4) is 0 Å². The third kappa shape index (κ3) is 5.20. The molecular formula is C21H20FN5O2S2. The van der Waals surface area contributed by atoms with Gasteiger partial charge < -0.3 is 15.5 Å². The number of hydrogen-bond donors (Lipinski definition) is 2. The molecule has 1 atom stereocenters. The second-order valence-corrected chi connectivity index (χ2v) is 9.22. The molecule has 1 unspecified atom stereocenters. The van der Waals surface area contributed by atoms with Gasteiger partial charge in [-0.2, -0.15) is 0 Å². The number of para-hydroxylation sites is 2. The molecule has 3 aromatic rings. The van der Waals surface area contributed by atoms with E-state index in [9.17, 15) is 14.0 Å². The summed E-state index contributed by atoms with van der Waals surface area (Å²) in [5.74, 6) is -0.301. The molecule has 2 N–H and O–H groups in total. The molecule has 0 spiro atoms. The smallest absolute Gasteiger partial charge is 0.237 e. The van der Waals surface area contributed by atoms with Crippen molar-refractivity contribution in [2.45, 2.75) is 30.3 Å². The van der Waals surface area contributed by atoms with Crippen LogP contribution in [0.3, 0.4) is 0 Å². The zero-order valence-corrected chi connectivity index (χ0v) is 18.3. The Kier molecular flexibility index (Phi) is 6.47. The van der Waals surface area contributed by atoms with Gasteiger partial charge in [-0.1, -0.05) is 47.4 Å². The summed E-state index contributed by atoms with van der Waals surface area (Å²) in [6.07, 6.45) is 0.237. The number of amides is 2. The maximum Gasteiger partial charge on any atom is 0.237 e. The first-order chi connectivity index (χ1) is 15.0. The molecule has 7 nitrogen and oxygen atoms in total. The van der Waals surface area contributed by atoms with Crippen molar-refractivity contribution in [2.75, 3.05) is 21.3 Å². The van der Waals surface area contributed by atoms with E-state index in [1.807, 2.05) is 25.1 Å². The Hall–Kier alpha value is -2.98. The lowest BCUT2D eigenvalue weighted by molar-refractivity contribution is -0.117. The van der Waals surface area contributed by atoms with Gasteiger partial charge in [-0.15, -0.1) is 10.2 Å². The van der Waals surface area contributed by atoms with Crippen LogP contribution in [0.4, 0.5) is 20.9 Å². The molecule has 0 bridgehead atoms. The summed E-state index contributed by atoms with van der Waals surface area (Å²) in [6, 6.07) is 13.3. The summed E-state index contributed by atoms with van der Waals surface area (Å²) in [4.78, 5) is 26.8. The summed E-state index contributed by atoms with van der Waals surface area (Å²) in [7, 11) is 0. The number of nitrogens with one attached hydrogen (secondary N) is 2. The van der Waals surface area contributed by atoms with Gasteiger partial charge in [0.15, 0.2) is 4.34 Å². The van der Waals surface area contributed by atoms with E-state index in [1.54, 1.807) is 23.1 Å². The van der Waals surface area contributed by atoms with Crippen LogP contribution >= 0.6 is 23.1 Å². The number of carbonyl (C=O) groups is 2. The molecule has 4 rings (SSSR count). The molecule has 31 heavy (non-hydrogen) atoms. The Bertz CT molecular complexity index is 1090. The minimum atomic E-state index is -0.274. The van der Waals surface area contributed by atoms with Gasteiger partial charge in [0.1, 0.15) is 5.82 Å². The van der Waals surface area contributed by atoms with Crippen LogP contribution in [0.5, 0.6) is 0 Å². The second kappa shape index (κ2) is 9.44. The Labute approximate surface area is 187 Å². The van der Waals surface area contributed by atoms with Gasteiger partial charge in [0.25, 0.3) is 0 Å². The number of nitrogens with zero attached hydrogens (tertiary/aromatic N) is 3. The largest absolute Gasteiger partial charge is 0.356 e. The molecule has 2 amide bonds. The number of rotatable bonds is 6. The van der Waals surface area contributed by atoms with E-state index in [2.05, 4.69) is 20.8 Å². The van der Waals surface area contributed by atoms with E-state index in [0.717, 1.165) is 5.56 Å². The zero-order valence-electron chi connectivity index (χ0n) is 16.7. The highest BCUT2D eigenvalue weighted by molar-refractivity contribution is 8.01. The molecule has 2 heterocycles. The number of hydrogen-bond acceptors (Lipinski definition) is 7. The van der Waals surface area contributed by atoms with Crippen LogP contribution < -0.4 is 15.5 Å². The van der Waals surface area contributed by atoms with Crippen molar-refractivity contribution in [1.82, 2.24) is 10.2 Å². The molecule has 0 aliphatic carbocycles. The fourth-order valence-electron chi connectivity index (χ4n) is 3.28. The molecule has 0 saturated carbocycles. The standard InChI is InChI=1S/C21H20FN5O2S2/c1-13-10-18(28)24-16-4-2-3-5-17(16)27(13)19(29)12-30-21-26-25-20(31-21)23-11-14-6-8-15(22)9-7-14/h2-9,13H,10-12H2,1H3,(H,23,25)(H,24,28). The van der Waals surface area contributed by atoms with Crippen molar-refractivity contribution in [2.24, 2.45) is 0 Å². The predicted octanol–water partition coefficient (Wildman–Crippen LogP) is 4.15. The number of fused-ring (bicyclic) bond motifs is 1. The third-order valence-electron chi connectivity index (χ3n) is 4.71. The van der Waals surface area contributed by atoms with Gasteiger partial charge in [0, 0.05) is 19.0 Å². The number of benzene rings is 2. The summed E-state index contributed by atoms with van der Waals surface area (Å²) < 4.78 is 13.7. The van der Waals surface area contributed by atoms with E-state index in [1.165, 1.54) is 35.2 Å². The number of aromatic nitrogens is 2. The third-order valence-corrected chi connectivity index (χ3v) is 6.71. The Balaban J connectivity index is 1.37. The lowest BCUT2D eigenvalue weighted by atomic mass is 10.2. The van der Waals surface area contributed by atoms with E-state index in [0.29, 0.717) is 27.4 Å². The summed E-state index contributed by atoms with van der Waals surface area (Å²) in [6.45, 7) is 2.37. The van der Waals surface area contributed by atoms with Crippen LogP contribution in [0.25, 0.3) is 0 Å². The van der Waals surface area contributed by atoms with Gasteiger partial charge in [-0.25, -0.2) is 4.39 Å². The quantitative estimate of drug-likeness (QED) is 0.541. The topological polar surface area (TPSA) is 87.2 Å². The minimum absolute atomic E-state index is 0.0996. The number of thioether (sulfide) groups is 1. The maximum absolute atomic E-state index is 13.0. The normalized spacial score (nSPS) is 15.7. The Morgan fingerprint density at radius 1 is 1.26 bits per heavy atom. The van der Waals surface area contributed by atoms with Crippen LogP contribution in [0.2, 0.25) is 0 Å². The molecule has 0 fully saturated rings. The fraction of sp³-hybridized carbons (Fsp3) is 0.238. The maximum atomic E-state index is 13.0. The van der Waals surface area contributed by atoms with Crippen LogP contribution in [-0.4, -0.2) is 33.8 Å². The molecular weight excluding hydrogens is 437 g/mol. The lowest BCUT2D eigenvalue weighted by Gasteiger charge is -2.27. The first-order valence-electron chi connectivity index (χ1n) is 9.65. The van der Waals surface area contributed by atoms with E-state index < -0.39 is 0 Å². The number of anilines is 3. The highest BCUT2D eigenvalue weighted by Crippen LogP contribution is 2.33. The van der Waals surface area contributed by atoms with Gasteiger partial charge in [0.2, 0.25) is 16.9 Å². The van der Waals surface area contributed by atoms with Crippen LogP contribution in [0.15, 0.2) is 52.9 Å². The number of carbonyl (C=O) groups excluding carboxylic acids is 2. The average molecular weight is 458 g/mol. The van der Waals surface area contributed by atoms with Crippen molar-refractivity contribution in [1.29, 1.82) is 0 Å². The second-order valence-electron chi connectivity index (χ2n) is 7.02. The first kappa shape index (κ1) is 21.3. The molecule has 0 saturated heterocycles. The van der Waals surface area contributed by atoms with Crippen LogP contribution in [-0.2, 0) is 16.1 Å². The monoisotopic (exact) mass is 457 g/mol. The molecule has 0 radical (unpaired) electrons. The van der Waals surface area contributed by atoms with Crippen molar-refractivity contribution >= 4 is 51.4 Å². The lowest BCUT2D eigenvalue weighted by Crippen LogP contribution is -2.40. The Morgan fingerprint density at radius 3 is 2.84 bits per heavy atom. The zero-order chi connectivity index (χ0) is 21.8. The highest BCUT2D eigenvalue weighted by atomic mass is 32.2. The predicted molar refractivity (Wildman–Crippen MR) is 121 cm³/mol. The first-order valence-corrected chi connectivity index (χ1v) is 11.5. The van der Waals surface area contributed by atoms with Gasteiger partial charge in [0.05, 0.1) is 17.1 Å². The summed E-state index contributed by atoms with van der Waals surface area (Å²) >= 11 is 2.66. The Morgan fingerprint density at radius 2 is 2.03 bits per heavy atom. The van der Waals surface area contributed by atoms with Crippen LogP contribution in [0.1, 0.15) is 18.9 Å². The fourth-order valence-corrected chi connectivity index (χ4v) is 4.89. The molecule has 1 aliphatic heterocycles. The van der Waals surface area contributed by atoms with Gasteiger partial charge in [-0.3, -0.25) is 9.59 Å². The van der Waals surface area contributed by atoms with E-state index >= 15 is 0 Å². The molecule has 160 valence electrons. The number of halogens is 1. The summed E-state index contributed by atoms with van der Waals surface area (Å²) in [5.41, 5.74) is 2.27. The van der Waals surface area contributed by atoms with Crippen LogP contribution in [0, 0.1) is 5.82 Å². The molecule has 10 heteroatoms. The van der Waals surface area contributed by atoms with Crippen molar-refractivity contribution in [3.63, 3.8) is 0 Å². The summed E-state index contributed by atoms with van der Waals surface area (Å²) in [5, 5.41) is 14.9. The molecule has 1 aliphatic rings. The van der Waals surface area contributed by atoms with Gasteiger partial charge in [-0.05, 0) is 36.8 Å². The van der Waals surface area contributed by atoms with Crippen molar-refractivity contribution < 1.29 is 14.0 Å². The SMILES string of the molecule is CC1CC(=O)Nc2ccccc2N1C(=O)CSc1nnc(NCc2ccc(F)cc2)s1. The van der Waals surface area contributed by atoms with E-state index in [-0.39, 0.29) is 35.8 Å². The molecule has 2 aromatic carbocycles. The van der Waals surface area contributed by atoms with E-state index in [4.69, 9.17) is 0 Å². The minimum Gasteiger partial charge on any atom is -0.356 e. The van der Waals surface area contributed by atoms with Gasteiger partial charge >= 0.3 is 0 Å². The highest BCUT2D eigenvalue weighted by Gasteiger charge is 2.29. The average Bonchev–Trinajstić information content (AvgIpc) is 3.16. The molecule has 1 aromatic heterocycles. The van der Waals surface area contributed by atoms with Crippen molar-refractivity contribution in [3.05, 3.63) is 59.9 Å².